The number of amides is 1. The number of nitrogens with one attached hydrogen (secondary N) is 2. The molecule has 0 saturated carbocycles. The van der Waals surface area contributed by atoms with Crippen molar-refractivity contribution in [3.63, 3.8) is 0 Å². The molecule has 10 heteroatoms. The maximum absolute atomic E-state index is 12.9. The molecule has 206 valence electrons. The molecular weight excluding hydrogens is 524 g/mol. The third-order valence-electron chi connectivity index (χ3n) is 7.63. The second-order valence-corrected chi connectivity index (χ2v) is 12.8. The number of aromatic nitrogens is 3. The summed E-state index contributed by atoms with van der Waals surface area (Å²) < 4.78 is 23.4. The van der Waals surface area contributed by atoms with Crippen molar-refractivity contribution in [3.8, 4) is 11.4 Å². The van der Waals surface area contributed by atoms with Gasteiger partial charge in [0.1, 0.15) is 5.82 Å². The summed E-state index contributed by atoms with van der Waals surface area (Å²) in [4.78, 5) is 22.2. The number of hydrogen-bond donors (Lipinski definition) is 2. The SMILES string of the molecule is O=C(Nc1ccc(-c2n[nH]c(C3CCN(c4ccccc4)C3)n2)cc1)c1cccc(CN2CCS(=O)(=O)CC2)c1. The van der Waals surface area contributed by atoms with E-state index in [1.165, 1.54) is 5.69 Å². The molecule has 6 rings (SSSR count). The first-order chi connectivity index (χ1) is 19.4. The van der Waals surface area contributed by atoms with E-state index in [0.717, 1.165) is 36.5 Å². The number of hydrogen-bond acceptors (Lipinski definition) is 7. The van der Waals surface area contributed by atoms with Gasteiger partial charge >= 0.3 is 0 Å². The molecule has 2 aliphatic rings. The summed E-state index contributed by atoms with van der Waals surface area (Å²) in [5.41, 5.74) is 4.34. The number of anilines is 2. The highest BCUT2D eigenvalue weighted by Gasteiger charge is 2.27. The van der Waals surface area contributed by atoms with Crippen LogP contribution in [-0.4, -0.2) is 72.1 Å². The molecule has 1 atom stereocenters. The molecule has 2 saturated heterocycles. The van der Waals surface area contributed by atoms with Crippen molar-refractivity contribution in [2.45, 2.75) is 18.9 Å². The van der Waals surface area contributed by atoms with Crippen LogP contribution in [0.3, 0.4) is 0 Å². The Morgan fingerprint density at radius 3 is 2.50 bits per heavy atom. The van der Waals surface area contributed by atoms with Crippen LogP contribution in [0.2, 0.25) is 0 Å². The molecule has 40 heavy (non-hydrogen) atoms. The zero-order valence-electron chi connectivity index (χ0n) is 22.2. The van der Waals surface area contributed by atoms with Crippen molar-refractivity contribution in [2.24, 2.45) is 0 Å². The quantitative estimate of drug-likeness (QED) is 0.355. The van der Waals surface area contributed by atoms with Crippen LogP contribution < -0.4 is 10.2 Å². The smallest absolute Gasteiger partial charge is 0.255 e. The fourth-order valence-corrected chi connectivity index (χ4v) is 6.60. The largest absolute Gasteiger partial charge is 0.371 e. The minimum absolute atomic E-state index is 0.186. The van der Waals surface area contributed by atoms with Crippen LogP contribution in [0, 0.1) is 0 Å². The highest BCUT2D eigenvalue weighted by atomic mass is 32.2. The molecule has 1 amide bonds. The average Bonchev–Trinajstić information content (AvgIpc) is 3.66. The number of H-pyrrole nitrogens is 1. The van der Waals surface area contributed by atoms with E-state index in [0.29, 0.717) is 42.6 Å². The molecular formula is C30H32N6O3S. The minimum Gasteiger partial charge on any atom is -0.371 e. The van der Waals surface area contributed by atoms with Crippen molar-refractivity contribution < 1.29 is 13.2 Å². The van der Waals surface area contributed by atoms with Crippen LogP contribution in [0.5, 0.6) is 0 Å². The highest BCUT2D eigenvalue weighted by Crippen LogP contribution is 2.30. The Labute approximate surface area is 234 Å². The molecule has 0 spiro atoms. The van der Waals surface area contributed by atoms with Gasteiger partial charge in [0, 0.05) is 61.1 Å². The van der Waals surface area contributed by atoms with Crippen molar-refractivity contribution in [1.29, 1.82) is 0 Å². The molecule has 2 aliphatic heterocycles. The second-order valence-electron chi connectivity index (χ2n) is 10.5. The van der Waals surface area contributed by atoms with E-state index in [9.17, 15) is 13.2 Å². The Morgan fingerprint density at radius 1 is 0.950 bits per heavy atom. The second kappa shape index (κ2) is 11.2. The monoisotopic (exact) mass is 556 g/mol. The first-order valence-corrected chi connectivity index (χ1v) is 15.4. The van der Waals surface area contributed by atoms with E-state index in [-0.39, 0.29) is 17.4 Å². The maximum Gasteiger partial charge on any atom is 0.255 e. The van der Waals surface area contributed by atoms with E-state index in [4.69, 9.17) is 4.98 Å². The van der Waals surface area contributed by atoms with Crippen LogP contribution >= 0.6 is 0 Å². The highest BCUT2D eigenvalue weighted by molar-refractivity contribution is 7.91. The number of nitrogens with zero attached hydrogens (tertiary/aromatic N) is 4. The summed E-state index contributed by atoms with van der Waals surface area (Å²) in [5, 5.41) is 10.6. The molecule has 0 radical (unpaired) electrons. The zero-order valence-corrected chi connectivity index (χ0v) is 23.0. The molecule has 4 aromatic rings. The average molecular weight is 557 g/mol. The lowest BCUT2D eigenvalue weighted by atomic mass is 10.1. The Hall–Kier alpha value is -4.02. The number of benzene rings is 3. The summed E-state index contributed by atoms with van der Waals surface area (Å²) in [6.45, 7) is 3.55. The van der Waals surface area contributed by atoms with E-state index >= 15 is 0 Å². The van der Waals surface area contributed by atoms with Crippen molar-refractivity contribution in [2.75, 3.05) is 47.9 Å². The van der Waals surface area contributed by atoms with Gasteiger partial charge in [-0.3, -0.25) is 14.8 Å². The fraction of sp³-hybridized carbons (Fsp3) is 0.300. The summed E-state index contributed by atoms with van der Waals surface area (Å²) in [6.07, 6.45) is 1.02. The topological polar surface area (TPSA) is 111 Å². The van der Waals surface area contributed by atoms with Crippen LogP contribution in [0.15, 0.2) is 78.9 Å². The third kappa shape index (κ3) is 6.08. The normalized spacial score (nSPS) is 19.0. The Balaban J connectivity index is 1.05. The van der Waals surface area contributed by atoms with Crippen molar-refractivity contribution in [1.82, 2.24) is 20.1 Å². The molecule has 3 heterocycles. The zero-order chi connectivity index (χ0) is 27.5. The van der Waals surface area contributed by atoms with Crippen molar-refractivity contribution >= 4 is 27.1 Å². The Kier molecular flexibility index (Phi) is 7.36. The number of para-hydroxylation sites is 1. The predicted molar refractivity (Wildman–Crippen MR) is 156 cm³/mol. The van der Waals surface area contributed by atoms with Crippen LogP contribution in [-0.2, 0) is 16.4 Å². The number of rotatable bonds is 7. The predicted octanol–water partition coefficient (Wildman–Crippen LogP) is 3.95. The Morgan fingerprint density at radius 2 is 1.73 bits per heavy atom. The molecule has 0 bridgehead atoms. The van der Waals surface area contributed by atoms with E-state index in [1.807, 2.05) is 48.5 Å². The van der Waals surface area contributed by atoms with Gasteiger partial charge in [0.25, 0.3) is 5.91 Å². The van der Waals surface area contributed by atoms with Crippen LogP contribution in [0.1, 0.15) is 34.1 Å². The molecule has 1 unspecified atom stereocenters. The number of aromatic amines is 1. The van der Waals surface area contributed by atoms with Gasteiger partial charge < -0.3 is 10.2 Å². The molecule has 3 aromatic carbocycles. The van der Waals surface area contributed by atoms with Gasteiger partial charge in [-0.25, -0.2) is 13.4 Å². The maximum atomic E-state index is 12.9. The molecule has 2 fully saturated rings. The molecule has 2 N–H and O–H groups in total. The molecule has 9 nitrogen and oxygen atoms in total. The number of carbonyl (C=O) groups excluding carboxylic acids is 1. The van der Waals surface area contributed by atoms with Crippen LogP contribution in [0.4, 0.5) is 11.4 Å². The third-order valence-corrected chi connectivity index (χ3v) is 9.24. The van der Waals surface area contributed by atoms with Gasteiger partial charge in [-0.15, -0.1) is 0 Å². The lowest BCUT2D eigenvalue weighted by molar-refractivity contribution is 0.102. The first-order valence-electron chi connectivity index (χ1n) is 13.6. The minimum atomic E-state index is -2.92. The van der Waals surface area contributed by atoms with Gasteiger partial charge in [0.15, 0.2) is 15.7 Å². The van der Waals surface area contributed by atoms with Crippen LogP contribution in [0.25, 0.3) is 11.4 Å². The van der Waals surface area contributed by atoms with Gasteiger partial charge in [0.05, 0.1) is 11.5 Å². The standard InChI is InChI=1S/C30H32N6O3S/c37-30(24-6-4-5-22(19-24)20-35-15-17-40(38,39)18-16-35)31-26-11-9-23(10-12-26)28-32-29(34-33-28)25-13-14-36(21-25)27-7-2-1-3-8-27/h1-12,19,25H,13-18,20-21H2,(H,31,37)(H,32,33,34). The molecule has 1 aromatic heterocycles. The van der Waals surface area contributed by atoms with Gasteiger partial charge in [-0.2, -0.15) is 5.10 Å². The fourth-order valence-electron chi connectivity index (χ4n) is 5.33. The summed E-state index contributed by atoms with van der Waals surface area (Å²) >= 11 is 0. The van der Waals surface area contributed by atoms with Gasteiger partial charge in [-0.1, -0.05) is 30.3 Å². The van der Waals surface area contributed by atoms with Crippen molar-refractivity contribution in [3.05, 3.63) is 95.8 Å². The summed E-state index contributed by atoms with van der Waals surface area (Å²) in [7, 11) is -2.92. The summed E-state index contributed by atoms with van der Waals surface area (Å²) in [6, 6.07) is 25.4. The van der Waals surface area contributed by atoms with E-state index in [1.54, 1.807) is 6.07 Å². The van der Waals surface area contributed by atoms with Gasteiger partial charge in [-0.05, 0) is 60.5 Å². The van der Waals surface area contributed by atoms with Gasteiger partial charge in [0.2, 0.25) is 0 Å². The molecule has 0 aliphatic carbocycles. The van der Waals surface area contributed by atoms with E-state index < -0.39 is 9.84 Å². The van der Waals surface area contributed by atoms with E-state index in [2.05, 4.69) is 49.6 Å². The number of sulfone groups is 1. The number of carbonyl (C=O) groups is 1. The lowest BCUT2D eigenvalue weighted by Gasteiger charge is -2.26. The lowest BCUT2D eigenvalue weighted by Crippen LogP contribution is -2.39. The first kappa shape index (κ1) is 26.2. The summed E-state index contributed by atoms with van der Waals surface area (Å²) in [5.74, 6) is 2.03. The Bertz CT molecular complexity index is 1570.